The molecule has 5 aromatic rings. The third kappa shape index (κ3) is 6.08. The van der Waals surface area contributed by atoms with E-state index in [1.165, 1.54) is 6.07 Å². The summed E-state index contributed by atoms with van der Waals surface area (Å²) >= 11 is 0. The second kappa shape index (κ2) is 12.6. The minimum atomic E-state index is -1.19. The average Bonchev–Trinajstić information content (AvgIpc) is 3.33. The molecule has 8 nitrogen and oxygen atoms in total. The third-order valence-corrected chi connectivity index (χ3v) is 8.72. The maximum atomic E-state index is 13.6. The van der Waals surface area contributed by atoms with Gasteiger partial charge in [-0.3, -0.25) is 14.4 Å². The van der Waals surface area contributed by atoms with Gasteiger partial charge in [-0.25, -0.2) is 9.69 Å². The first kappa shape index (κ1) is 31.9. The van der Waals surface area contributed by atoms with Crippen LogP contribution in [0.25, 0.3) is 0 Å². The first-order valence-corrected chi connectivity index (χ1v) is 15.4. The van der Waals surface area contributed by atoms with E-state index in [0.29, 0.717) is 22.7 Å². The molecule has 0 aliphatic carbocycles. The van der Waals surface area contributed by atoms with Crippen LogP contribution in [-0.4, -0.2) is 35.8 Å². The number of anilines is 1. The van der Waals surface area contributed by atoms with Gasteiger partial charge in [0.05, 0.1) is 29.5 Å². The summed E-state index contributed by atoms with van der Waals surface area (Å²) in [6, 6.07) is 31.7. The number of hydrogen-bond donors (Lipinski definition) is 1. The Bertz CT molecular complexity index is 2080. The number of Topliss-reactive ketones (excluding diaryl/α,β-unsaturated/α-hetero) is 1. The van der Waals surface area contributed by atoms with Crippen LogP contribution in [0.5, 0.6) is 17.2 Å². The summed E-state index contributed by atoms with van der Waals surface area (Å²) in [5.74, 6) is -0.774. The van der Waals surface area contributed by atoms with Gasteiger partial charge in [-0.1, -0.05) is 61.9 Å². The number of hydrogen-bond acceptors (Lipinski definition) is 6. The summed E-state index contributed by atoms with van der Waals surface area (Å²) in [7, 11) is 1.64. The Morgan fingerprint density at radius 2 is 1.33 bits per heavy atom. The maximum absolute atomic E-state index is 13.6. The van der Waals surface area contributed by atoms with Crippen LogP contribution in [0.1, 0.15) is 77.5 Å². The zero-order chi connectivity index (χ0) is 34.2. The molecule has 0 bridgehead atoms. The molecule has 0 atom stereocenters. The van der Waals surface area contributed by atoms with Crippen molar-refractivity contribution < 1.29 is 33.8 Å². The number of ketones is 1. The van der Waals surface area contributed by atoms with E-state index in [4.69, 9.17) is 9.47 Å². The van der Waals surface area contributed by atoms with Crippen molar-refractivity contribution in [3.05, 3.63) is 154 Å². The van der Waals surface area contributed by atoms with Gasteiger partial charge in [0.2, 0.25) is 0 Å². The maximum Gasteiger partial charge on any atom is 0.336 e. The van der Waals surface area contributed by atoms with Crippen molar-refractivity contribution >= 4 is 29.3 Å². The highest BCUT2D eigenvalue weighted by molar-refractivity contribution is 6.34. The van der Waals surface area contributed by atoms with Crippen molar-refractivity contribution in [1.82, 2.24) is 0 Å². The monoisotopic (exact) mass is 639 g/mol. The number of carbonyl (C=O) groups is 4. The fraction of sp³-hybridized carbons (Fsp3) is 0.150. The number of ether oxygens (including phenoxy) is 2. The van der Waals surface area contributed by atoms with Crippen LogP contribution in [0, 0.1) is 6.92 Å². The van der Waals surface area contributed by atoms with Crippen molar-refractivity contribution in [3.63, 3.8) is 0 Å². The van der Waals surface area contributed by atoms with Gasteiger partial charge >= 0.3 is 5.97 Å². The zero-order valence-electron chi connectivity index (χ0n) is 26.9. The molecule has 8 heteroatoms. The minimum absolute atomic E-state index is 0.0755. The second-order valence-corrected chi connectivity index (χ2v) is 12.3. The standard InChI is InChI=1S/C40H33NO7/c1-24-8-18-33(39(45)46)34(20-24)36(42)22-25-6-5-7-28(21-25)41-37(43)32-19-17-31(23-35(32)38(41)44)48-30-15-11-27(12-16-30)40(2,3)26-9-13-29(47-4)14-10-26/h5-21,23H,22H2,1-4H3,(H,45,46). The van der Waals surface area contributed by atoms with Gasteiger partial charge in [0.25, 0.3) is 11.8 Å². The highest BCUT2D eigenvalue weighted by atomic mass is 16.5. The van der Waals surface area contributed by atoms with E-state index in [9.17, 15) is 24.3 Å². The first-order valence-electron chi connectivity index (χ1n) is 15.4. The van der Waals surface area contributed by atoms with Crippen LogP contribution >= 0.6 is 0 Å². The molecule has 0 fully saturated rings. The largest absolute Gasteiger partial charge is 0.497 e. The number of aromatic carboxylic acids is 1. The van der Waals surface area contributed by atoms with E-state index in [1.807, 2.05) is 48.5 Å². The highest BCUT2D eigenvalue weighted by Gasteiger charge is 2.37. The number of carboxylic acid groups (broad SMARTS) is 1. The van der Waals surface area contributed by atoms with Crippen LogP contribution in [0.4, 0.5) is 5.69 Å². The number of fused-ring (bicyclic) bond motifs is 1. The van der Waals surface area contributed by atoms with E-state index in [-0.39, 0.29) is 39.9 Å². The van der Waals surface area contributed by atoms with Gasteiger partial charge < -0.3 is 14.6 Å². The number of aryl methyl sites for hydroxylation is 1. The van der Waals surface area contributed by atoms with Gasteiger partial charge in [-0.2, -0.15) is 0 Å². The summed E-state index contributed by atoms with van der Waals surface area (Å²) < 4.78 is 11.4. The zero-order valence-corrected chi connectivity index (χ0v) is 26.9. The summed E-state index contributed by atoms with van der Waals surface area (Å²) in [5, 5.41) is 9.55. The third-order valence-electron chi connectivity index (χ3n) is 8.72. The summed E-state index contributed by atoms with van der Waals surface area (Å²) in [5.41, 5.74) is 4.07. The molecule has 48 heavy (non-hydrogen) atoms. The molecule has 6 rings (SSSR count). The lowest BCUT2D eigenvalue weighted by molar-refractivity contribution is 0.0691. The van der Waals surface area contributed by atoms with Crippen molar-refractivity contribution in [2.24, 2.45) is 0 Å². The molecule has 1 aliphatic rings. The summed E-state index contributed by atoms with van der Waals surface area (Å²) in [6.07, 6.45) is -0.102. The summed E-state index contributed by atoms with van der Waals surface area (Å²) in [6.45, 7) is 6.07. The second-order valence-electron chi connectivity index (χ2n) is 12.3. The van der Waals surface area contributed by atoms with E-state index in [0.717, 1.165) is 27.3 Å². The predicted molar refractivity (Wildman–Crippen MR) is 182 cm³/mol. The fourth-order valence-electron chi connectivity index (χ4n) is 5.93. The Kier molecular flexibility index (Phi) is 8.41. The molecule has 2 amide bonds. The van der Waals surface area contributed by atoms with Crippen LogP contribution in [0.15, 0.2) is 109 Å². The molecule has 0 spiro atoms. The smallest absolute Gasteiger partial charge is 0.336 e. The molecule has 0 unspecified atom stereocenters. The van der Waals surface area contributed by atoms with E-state index < -0.39 is 17.8 Å². The number of rotatable bonds is 10. The Morgan fingerprint density at radius 1 is 0.708 bits per heavy atom. The lowest BCUT2D eigenvalue weighted by Crippen LogP contribution is -2.29. The van der Waals surface area contributed by atoms with E-state index in [1.54, 1.807) is 68.6 Å². The highest BCUT2D eigenvalue weighted by Crippen LogP contribution is 2.36. The minimum Gasteiger partial charge on any atom is -0.497 e. The molecule has 1 heterocycles. The summed E-state index contributed by atoms with van der Waals surface area (Å²) in [4.78, 5) is 52.9. The van der Waals surface area contributed by atoms with Gasteiger partial charge in [0, 0.05) is 17.4 Å². The molecular formula is C40H33NO7. The number of carbonyl (C=O) groups excluding carboxylic acids is 3. The van der Waals surface area contributed by atoms with Crippen molar-refractivity contribution in [1.29, 1.82) is 0 Å². The van der Waals surface area contributed by atoms with Crippen LogP contribution < -0.4 is 14.4 Å². The topological polar surface area (TPSA) is 110 Å². The Hall–Kier alpha value is -6.02. The first-order chi connectivity index (χ1) is 23.0. The lowest BCUT2D eigenvalue weighted by Gasteiger charge is -2.26. The number of nitrogens with zero attached hydrogens (tertiary/aromatic N) is 1. The number of carboxylic acids is 1. The molecule has 0 saturated carbocycles. The Labute approximate surface area is 278 Å². The lowest BCUT2D eigenvalue weighted by atomic mass is 9.78. The number of imide groups is 1. The molecule has 1 N–H and O–H groups in total. The molecule has 1 aliphatic heterocycles. The normalized spacial score (nSPS) is 12.5. The Balaban J connectivity index is 1.18. The van der Waals surface area contributed by atoms with Crippen LogP contribution in [0.2, 0.25) is 0 Å². The molecule has 240 valence electrons. The number of benzene rings is 5. The van der Waals surface area contributed by atoms with Crippen molar-refractivity contribution in [3.8, 4) is 17.2 Å². The molecule has 0 radical (unpaired) electrons. The van der Waals surface area contributed by atoms with Crippen molar-refractivity contribution in [2.45, 2.75) is 32.6 Å². The van der Waals surface area contributed by atoms with Gasteiger partial charge in [0.1, 0.15) is 17.2 Å². The van der Waals surface area contributed by atoms with Crippen LogP contribution in [0.3, 0.4) is 0 Å². The van der Waals surface area contributed by atoms with E-state index >= 15 is 0 Å². The predicted octanol–water partition coefficient (Wildman–Crippen LogP) is 8.05. The Morgan fingerprint density at radius 3 is 1.98 bits per heavy atom. The molecular weight excluding hydrogens is 606 g/mol. The number of methoxy groups -OCH3 is 1. The number of amides is 2. The van der Waals surface area contributed by atoms with Crippen LogP contribution in [-0.2, 0) is 11.8 Å². The van der Waals surface area contributed by atoms with Gasteiger partial charge in [0.15, 0.2) is 5.78 Å². The molecule has 0 aromatic heterocycles. The average molecular weight is 640 g/mol. The van der Waals surface area contributed by atoms with Crippen molar-refractivity contribution in [2.75, 3.05) is 12.0 Å². The molecule has 5 aromatic carbocycles. The van der Waals surface area contributed by atoms with Gasteiger partial charge in [-0.05, 0) is 90.3 Å². The quantitative estimate of drug-likeness (QED) is 0.122. The SMILES string of the molecule is COc1ccc(C(C)(C)c2ccc(Oc3ccc4c(c3)C(=O)N(c3cccc(CC(=O)c5cc(C)ccc5C(=O)O)c3)C4=O)cc2)cc1. The van der Waals surface area contributed by atoms with Gasteiger partial charge in [-0.15, -0.1) is 0 Å². The molecule has 0 saturated heterocycles. The van der Waals surface area contributed by atoms with E-state index in [2.05, 4.69) is 13.8 Å². The fourth-order valence-corrected chi connectivity index (χ4v) is 5.93.